The summed E-state index contributed by atoms with van der Waals surface area (Å²) in [5, 5.41) is 9.96. The van der Waals surface area contributed by atoms with Crippen molar-refractivity contribution in [1.82, 2.24) is 0 Å². The number of nitrogens with zero attached hydrogens (tertiary/aromatic N) is 1. The summed E-state index contributed by atoms with van der Waals surface area (Å²) < 4.78 is 31.6. The normalized spacial score (nSPS) is 13.0. The summed E-state index contributed by atoms with van der Waals surface area (Å²) >= 11 is 0. The SMILES string of the molecule is CN=C(C)/C(C(=O)OC)=C(/O)c1c(F)cccc1F. The highest BCUT2D eigenvalue weighted by molar-refractivity contribution is 6.23. The summed E-state index contributed by atoms with van der Waals surface area (Å²) in [5.74, 6) is -3.74. The molecule has 0 aromatic heterocycles. The monoisotopic (exact) mass is 269 g/mol. The van der Waals surface area contributed by atoms with E-state index in [1.165, 1.54) is 14.0 Å². The van der Waals surface area contributed by atoms with E-state index in [0.29, 0.717) is 0 Å². The number of ether oxygens (including phenoxy) is 1. The van der Waals surface area contributed by atoms with Gasteiger partial charge in [0.25, 0.3) is 0 Å². The van der Waals surface area contributed by atoms with Crippen LogP contribution in [0.5, 0.6) is 0 Å². The number of methoxy groups -OCH3 is 1. The van der Waals surface area contributed by atoms with Gasteiger partial charge in [0.2, 0.25) is 0 Å². The maximum atomic E-state index is 13.6. The van der Waals surface area contributed by atoms with Crippen LogP contribution in [0, 0.1) is 11.6 Å². The molecule has 0 atom stereocenters. The third kappa shape index (κ3) is 2.96. The molecular formula is C13H13F2NO3. The van der Waals surface area contributed by atoms with Crippen molar-refractivity contribution in [3.63, 3.8) is 0 Å². The van der Waals surface area contributed by atoms with Gasteiger partial charge in [0, 0.05) is 12.8 Å². The summed E-state index contributed by atoms with van der Waals surface area (Å²) in [6, 6.07) is 3.10. The number of rotatable bonds is 3. The van der Waals surface area contributed by atoms with E-state index in [0.717, 1.165) is 25.3 Å². The number of esters is 1. The Balaban J connectivity index is 3.59. The first kappa shape index (κ1) is 14.8. The smallest absolute Gasteiger partial charge is 0.343 e. The zero-order valence-electron chi connectivity index (χ0n) is 10.7. The number of halogens is 2. The molecule has 0 fully saturated rings. The molecular weight excluding hydrogens is 256 g/mol. The van der Waals surface area contributed by atoms with Crippen molar-refractivity contribution >= 4 is 17.4 Å². The zero-order chi connectivity index (χ0) is 14.6. The molecule has 0 saturated heterocycles. The number of aliphatic hydroxyl groups excluding tert-OH is 1. The van der Waals surface area contributed by atoms with E-state index in [4.69, 9.17) is 0 Å². The molecule has 0 bridgehead atoms. The van der Waals surface area contributed by atoms with Gasteiger partial charge in [0.1, 0.15) is 23.0 Å². The van der Waals surface area contributed by atoms with Crippen molar-refractivity contribution < 1.29 is 23.4 Å². The Morgan fingerprint density at radius 1 is 1.32 bits per heavy atom. The Kier molecular flexibility index (Phi) is 4.74. The van der Waals surface area contributed by atoms with Gasteiger partial charge in [-0.15, -0.1) is 0 Å². The molecule has 102 valence electrons. The third-order valence-corrected chi connectivity index (χ3v) is 2.52. The van der Waals surface area contributed by atoms with E-state index in [1.54, 1.807) is 0 Å². The van der Waals surface area contributed by atoms with Gasteiger partial charge in [-0.2, -0.15) is 0 Å². The summed E-state index contributed by atoms with van der Waals surface area (Å²) in [4.78, 5) is 15.3. The van der Waals surface area contributed by atoms with E-state index in [2.05, 4.69) is 9.73 Å². The van der Waals surface area contributed by atoms with Crippen LogP contribution in [0.2, 0.25) is 0 Å². The zero-order valence-corrected chi connectivity index (χ0v) is 10.7. The Bertz CT molecular complexity index is 545. The van der Waals surface area contributed by atoms with Crippen LogP contribution in [0.25, 0.3) is 5.76 Å². The van der Waals surface area contributed by atoms with Crippen molar-refractivity contribution in [1.29, 1.82) is 0 Å². The van der Waals surface area contributed by atoms with Crippen LogP contribution >= 0.6 is 0 Å². The van der Waals surface area contributed by atoms with Gasteiger partial charge in [-0.1, -0.05) is 6.07 Å². The topological polar surface area (TPSA) is 58.9 Å². The number of carbonyl (C=O) groups is 1. The highest BCUT2D eigenvalue weighted by atomic mass is 19.1. The highest BCUT2D eigenvalue weighted by Gasteiger charge is 2.24. The molecule has 1 aromatic carbocycles. The fraction of sp³-hybridized carbons (Fsp3) is 0.231. The summed E-state index contributed by atoms with van der Waals surface area (Å²) in [7, 11) is 2.47. The first-order chi connectivity index (χ1) is 8.93. The van der Waals surface area contributed by atoms with Gasteiger partial charge in [-0.05, 0) is 19.1 Å². The van der Waals surface area contributed by atoms with Crippen LogP contribution in [0.15, 0.2) is 28.8 Å². The summed E-state index contributed by atoms with van der Waals surface area (Å²) in [5.41, 5.74) is -0.966. The molecule has 0 saturated carbocycles. The average molecular weight is 269 g/mol. The second-order valence-electron chi connectivity index (χ2n) is 3.62. The van der Waals surface area contributed by atoms with Gasteiger partial charge < -0.3 is 9.84 Å². The predicted octanol–water partition coefficient (Wildman–Crippen LogP) is 2.50. The summed E-state index contributed by atoms with van der Waals surface area (Å²) in [6.45, 7) is 1.42. The molecule has 19 heavy (non-hydrogen) atoms. The van der Waals surface area contributed by atoms with Gasteiger partial charge in [0.05, 0.1) is 12.7 Å². The number of aliphatic hydroxyl groups is 1. The number of hydrogen-bond donors (Lipinski definition) is 1. The van der Waals surface area contributed by atoms with Crippen molar-refractivity contribution in [2.24, 2.45) is 4.99 Å². The second-order valence-corrected chi connectivity index (χ2v) is 3.62. The lowest BCUT2D eigenvalue weighted by Crippen LogP contribution is -2.15. The van der Waals surface area contributed by atoms with E-state index in [-0.39, 0.29) is 11.3 Å². The van der Waals surface area contributed by atoms with Crippen LogP contribution in [-0.4, -0.2) is 30.9 Å². The fourth-order valence-electron chi connectivity index (χ4n) is 1.48. The number of carbonyl (C=O) groups excluding carboxylic acids is 1. The quantitative estimate of drug-likeness (QED) is 0.397. The van der Waals surface area contributed by atoms with Crippen molar-refractivity contribution in [3.05, 3.63) is 41.0 Å². The van der Waals surface area contributed by atoms with Gasteiger partial charge in [-0.3, -0.25) is 4.99 Å². The molecule has 0 heterocycles. The molecule has 0 aliphatic heterocycles. The lowest BCUT2D eigenvalue weighted by Gasteiger charge is -2.10. The molecule has 1 N–H and O–H groups in total. The van der Waals surface area contributed by atoms with Gasteiger partial charge in [-0.25, -0.2) is 13.6 Å². The Morgan fingerprint density at radius 3 is 2.26 bits per heavy atom. The van der Waals surface area contributed by atoms with Crippen molar-refractivity contribution in [3.8, 4) is 0 Å². The molecule has 0 aliphatic rings. The fourth-order valence-corrected chi connectivity index (χ4v) is 1.48. The van der Waals surface area contributed by atoms with Crippen LogP contribution in [0.4, 0.5) is 8.78 Å². The largest absolute Gasteiger partial charge is 0.506 e. The Hall–Kier alpha value is -2.24. The lowest BCUT2D eigenvalue weighted by molar-refractivity contribution is -0.135. The average Bonchev–Trinajstić information content (AvgIpc) is 2.38. The third-order valence-electron chi connectivity index (χ3n) is 2.52. The number of aliphatic imine (C=N–C) groups is 1. The Morgan fingerprint density at radius 2 is 1.84 bits per heavy atom. The van der Waals surface area contributed by atoms with Crippen LogP contribution in [0.3, 0.4) is 0 Å². The molecule has 0 aliphatic carbocycles. The first-order valence-electron chi connectivity index (χ1n) is 5.33. The lowest BCUT2D eigenvalue weighted by atomic mass is 10.0. The minimum Gasteiger partial charge on any atom is -0.506 e. The van der Waals surface area contributed by atoms with Crippen molar-refractivity contribution in [2.75, 3.05) is 14.2 Å². The number of hydrogen-bond acceptors (Lipinski definition) is 4. The summed E-state index contributed by atoms with van der Waals surface area (Å²) in [6.07, 6.45) is 0. The molecule has 1 aromatic rings. The van der Waals surface area contributed by atoms with E-state index < -0.39 is 28.9 Å². The Labute approximate surface area is 109 Å². The molecule has 0 radical (unpaired) electrons. The van der Waals surface area contributed by atoms with Gasteiger partial charge >= 0.3 is 5.97 Å². The van der Waals surface area contributed by atoms with E-state index in [1.807, 2.05) is 0 Å². The highest BCUT2D eigenvalue weighted by Crippen LogP contribution is 2.24. The molecule has 1 rings (SSSR count). The minimum absolute atomic E-state index is 0.104. The van der Waals surface area contributed by atoms with Crippen LogP contribution < -0.4 is 0 Å². The first-order valence-corrected chi connectivity index (χ1v) is 5.33. The molecule has 0 amide bonds. The van der Waals surface area contributed by atoms with E-state index in [9.17, 15) is 18.7 Å². The van der Waals surface area contributed by atoms with E-state index >= 15 is 0 Å². The minimum atomic E-state index is -0.984. The second kappa shape index (κ2) is 6.08. The maximum absolute atomic E-state index is 13.6. The standard InChI is InChI=1S/C13H13F2NO3/c1-7(16-2)10(13(18)19-3)12(17)11-8(14)5-4-6-9(11)15/h4-6,17H,1-3H3/b12-10-,16-7?. The molecule has 6 heteroatoms. The van der Waals surface area contributed by atoms with Crippen LogP contribution in [0.1, 0.15) is 12.5 Å². The van der Waals surface area contributed by atoms with Crippen molar-refractivity contribution in [2.45, 2.75) is 6.92 Å². The molecule has 0 unspecified atom stereocenters. The maximum Gasteiger partial charge on any atom is 0.343 e. The van der Waals surface area contributed by atoms with Crippen LogP contribution in [-0.2, 0) is 9.53 Å². The number of benzene rings is 1. The van der Waals surface area contributed by atoms with Gasteiger partial charge in [0.15, 0.2) is 0 Å². The molecule has 4 nitrogen and oxygen atoms in total. The predicted molar refractivity (Wildman–Crippen MR) is 67.0 cm³/mol. The molecule has 0 spiro atoms.